The molecule has 1 fully saturated rings. The van der Waals surface area contributed by atoms with E-state index in [9.17, 15) is 32.9 Å². The number of carbonyl (C=O) groups is 1. The number of benzene rings is 2. The number of hydrogen-bond acceptors (Lipinski definition) is 7. The molecule has 1 aromatic heterocycles. The van der Waals surface area contributed by atoms with E-state index in [1.54, 1.807) is 24.0 Å². The minimum Gasteiger partial charge on any atom is -0.484 e. The second-order valence-corrected chi connectivity index (χ2v) is 8.02. The van der Waals surface area contributed by atoms with Crippen LogP contribution in [0.2, 0.25) is 0 Å². The van der Waals surface area contributed by atoms with Crippen molar-refractivity contribution in [1.82, 2.24) is 4.90 Å². The minimum absolute atomic E-state index is 0.0688. The van der Waals surface area contributed by atoms with Gasteiger partial charge in [-0.15, -0.1) is 0 Å². The summed E-state index contributed by atoms with van der Waals surface area (Å²) < 4.78 is 49.5. The Hall–Kier alpha value is -4.09. The summed E-state index contributed by atoms with van der Waals surface area (Å²) in [5.41, 5.74) is -1.06. The van der Waals surface area contributed by atoms with Crippen LogP contribution in [0.4, 0.5) is 24.5 Å². The van der Waals surface area contributed by atoms with E-state index in [0.717, 1.165) is 23.1 Å². The standard InChI is InChI=1S/C23H20F3N3O6/c1-14-10-22(31)35-20-12-16(3-4-17(14)20)34-13-21(30)28-8-6-27(7-9-28)18-5-2-15(23(24,25)26)11-19(18)29(32)33/h2-5,10-12H,6-9,13H2,1H3. The molecular weight excluding hydrogens is 471 g/mol. The van der Waals surface area contributed by atoms with Crippen molar-refractivity contribution in [2.24, 2.45) is 0 Å². The van der Waals surface area contributed by atoms with E-state index in [4.69, 9.17) is 9.15 Å². The van der Waals surface area contributed by atoms with Crippen LogP contribution in [-0.4, -0.2) is 48.5 Å². The number of piperazine rings is 1. The number of aryl methyl sites for hydroxylation is 1. The van der Waals surface area contributed by atoms with E-state index < -0.39 is 28.0 Å². The monoisotopic (exact) mass is 491 g/mol. The fourth-order valence-corrected chi connectivity index (χ4v) is 3.94. The average Bonchev–Trinajstić information content (AvgIpc) is 2.81. The number of carbonyl (C=O) groups excluding carboxylic acids is 1. The summed E-state index contributed by atoms with van der Waals surface area (Å²) in [5, 5.41) is 12.1. The number of nitrogens with zero attached hydrogens (tertiary/aromatic N) is 3. The predicted molar refractivity (Wildman–Crippen MR) is 120 cm³/mol. The van der Waals surface area contributed by atoms with Gasteiger partial charge in [-0.25, -0.2) is 4.79 Å². The zero-order valence-corrected chi connectivity index (χ0v) is 18.5. The molecule has 0 bridgehead atoms. The largest absolute Gasteiger partial charge is 0.484 e. The number of amides is 1. The molecule has 0 unspecified atom stereocenters. The molecule has 0 radical (unpaired) electrons. The summed E-state index contributed by atoms with van der Waals surface area (Å²) in [6.07, 6.45) is -4.69. The van der Waals surface area contributed by atoms with Crippen molar-refractivity contribution >= 4 is 28.3 Å². The van der Waals surface area contributed by atoms with Gasteiger partial charge in [0.25, 0.3) is 11.6 Å². The van der Waals surface area contributed by atoms with Gasteiger partial charge in [0.05, 0.1) is 10.5 Å². The lowest BCUT2D eigenvalue weighted by Crippen LogP contribution is -2.50. The first-order valence-corrected chi connectivity index (χ1v) is 10.6. The van der Waals surface area contributed by atoms with Gasteiger partial charge in [0.2, 0.25) is 0 Å². The summed E-state index contributed by atoms with van der Waals surface area (Å²) in [6.45, 7) is 2.35. The Morgan fingerprint density at radius 3 is 2.49 bits per heavy atom. The van der Waals surface area contributed by atoms with Gasteiger partial charge in [0.1, 0.15) is 17.0 Å². The number of ether oxygens (including phenoxy) is 1. The van der Waals surface area contributed by atoms with Crippen LogP contribution in [0.25, 0.3) is 11.0 Å². The molecule has 1 amide bonds. The molecule has 2 aromatic carbocycles. The maximum atomic E-state index is 12.9. The molecule has 0 spiro atoms. The predicted octanol–water partition coefficient (Wildman–Crippen LogP) is 3.76. The lowest BCUT2D eigenvalue weighted by Gasteiger charge is -2.35. The van der Waals surface area contributed by atoms with E-state index in [-0.39, 0.29) is 44.4 Å². The SMILES string of the molecule is Cc1cc(=O)oc2cc(OCC(=O)N3CCN(c4ccc(C(F)(F)F)cc4[N+](=O)[O-])CC3)ccc12. The van der Waals surface area contributed by atoms with Gasteiger partial charge in [-0.05, 0) is 36.8 Å². The summed E-state index contributed by atoms with van der Waals surface area (Å²) in [7, 11) is 0. The molecule has 2 heterocycles. The van der Waals surface area contributed by atoms with E-state index in [1.807, 2.05) is 0 Å². The van der Waals surface area contributed by atoms with Gasteiger partial charge in [0, 0.05) is 49.8 Å². The lowest BCUT2D eigenvalue weighted by molar-refractivity contribution is -0.384. The number of rotatable bonds is 5. The van der Waals surface area contributed by atoms with Gasteiger partial charge >= 0.3 is 11.8 Å². The van der Waals surface area contributed by atoms with Crippen LogP contribution in [0.15, 0.2) is 51.7 Å². The number of anilines is 1. The van der Waals surface area contributed by atoms with Crippen molar-refractivity contribution in [2.75, 3.05) is 37.7 Å². The third-order valence-corrected chi connectivity index (χ3v) is 5.76. The quantitative estimate of drug-likeness (QED) is 0.304. The highest BCUT2D eigenvalue weighted by Gasteiger charge is 2.34. The van der Waals surface area contributed by atoms with Gasteiger partial charge in [-0.2, -0.15) is 13.2 Å². The molecule has 4 rings (SSSR count). The summed E-state index contributed by atoms with van der Waals surface area (Å²) >= 11 is 0. The van der Waals surface area contributed by atoms with Crippen LogP contribution < -0.4 is 15.3 Å². The van der Waals surface area contributed by atoms with Crippen molar-refractivity contribution in [3.8, 4) is 5.75 Å². The van der Waals surface area contributed by atoms with Gasteiger partial charge in [-0.3, -0.25) is 14.9 Å². The zero-order valence-electron chi connectivity index (χ0n) is 18.5. The Balaban J connectivity index is 1.38. The highest BCUT2D eigenvalue weighted by Crippen LogP contribution is 2.36. The number of nitro groups is 1. The molecule has 12 heteroatoms. The van der Waals surface area contributed by atoms with Crippen LogP contribution >= 0.6 is 0 Å². The molecule has 1 aliphatic rings. The molecule has 0 N–H and O–H groups in total. The number of nitro benzene ring substituents is 1. The molecule has 0 atom stereocenters. The van der Waals surface area contributed by atoms with E-state index in [1.165, 1.54) is 17.0 Å². The number of halogens is 3. The Kier molecular flexibility index (Phi) is 6.37. The first kappa shape index (κ1) is 24.0. The Morgan fingerprint density at radius 1 is 1.11 bits per heavy atom. The maximum Gasteiger partial charge on any atom is 0.416 e. The summed E-state index contributed by atoms with van der Waals surface area (Å²) in [5.74, 6) is 0.0241. The lowest BCUT2D eigenvalue weighted by atomic mass is 10.1. The second kappa shape index (κ2) is 9.28. The van der Waals surface area contributed by atoms with Gasteiger partial charge < -0.3 is 19.0 Å². The van der Waals surface area contributed by atoms with Crippen molar-refractivity contribution in [3.05, 3.63) is 74.1 Å². The van der Waals surface area contributed by atoms with Gasteiger partial charge in [0.15, 0.2) is 6.61 Å². The first-order valence-electron chi connectivity index (χ1n) is 10.6. The third kappa shape index (κ3) is 5.20. The van der Waals surface area contributed by atoms with Gasteiger partial charge in [-0.1, -0.05) is 0 Å². The van der Waals surface area contributed by atoms with E-state index in [0.29, 0.717) is 17.4 Å². The van der Waals surface area contributed by atoms with Crippen LogP contribution in [0, 0.1) is 17.0 Å². The molecule has 184 valence electrons. The minimum atomic E-state index is -4.69. The molecule has 0 aliphatic carbocycles. The van der Waals surface area contributed by atoms with Crippen LogP contribution in [0.1, 0.15) is 11.1 Å². The number of hydrogen-bond donors (Lipinski definition) is 0. The van der Waals surface area contributed by atoms with Crippen molar-refractivity contribution in [1.29, 1.82) is 0 Å². The Bertz CT molecular complexity index is 1350. The van der Waals surface area contributed by atoms with Crippen LogP contribution in [0.3, 0.4) is 0 Å². The average molecular weight is 491 g/mol. The summed E-state index contributed by atoms with van der Waals surface area (Å²) in [4.78, 5) is 37.8. The van der Waals surface area contributed by atoms with E-state index >= 15 is 0 Å². The van der Waals surface area contributed by atoms with E-state index in [2.05, 4.69) is 0 Å². The highest BCUT2D eigenvalue weighted by molar-refractivity contribution is 5.82. The third-order valence-electron chi connectivity index (χ3n) is 5.76. The molecule has 0 saturated carbocycles. The molecule has 1 aliphatic heterocycles. The fourth-order valence-electron chi connectivity index (χ4n) is 3.94. The fraction of sp³-hybridized carbons (Fsp3) is 0.304. The zero-order chi connectivity index (χ0) is 25.3. The maximum absolute atomic E-state index is 12.9. The van der Waals surface area contributed by atoms with Crippen LogP contribution in [0.5, 0.6) is 5.75 Å². The number of fused-ring (bicyclic) bond motifs is 1. The van der Waals surface area contributed by atoms with Crippen molar-refractivity contribution in [2.45, 2.75) is 13.1 Å². The molecule has 35 heavy (non-hydrogen) atoms. The van der Waals surface area contributed by atoms with Crippen LogP contribution in [-0.2, 0) is 11.0 Å². The smallest absolute Gasteiger partial charge is 0.416 e. The first-order chi connectivity index (χ1) is 16.5. The normalized spacial score (nSPS) is 14.3. The molecule has 9 nitrogen and oxygen atoms in total. The molecule has 3 aromatic rings. The Labute approximate surface area is 196 Å². The highest BCUT2D eigenvalue weighted by atomic mass is 19.4. The van der Waals surface area contributed by atoms with Crippen molar-refractivity contribution in [3.63, 3.8) is 0 Å². The topological polar surface area (TPSA) is 106 Å². The second-order valence-electron chi connectivity index (χ2n) is 8.02. The van der Waals surface area contributed by atoms with Crippen molar-refractivity contribution < 1.29 is 32.0 Å². The number of alkyl halides is 3. The Morgan fingerprint density at radius 2 is 1.83 bits per heavy atom. The molecule has 1 saturated heterocycles. The molecular formula is C23H20F3N3O6. The summed E-state index contributed by atoms with van der Waals surface area (Å²) in [6, 6.07) is 8.70.